The molecule has 0 bridgehead atoms. The first kappa shape index (κ1) is 34.1. The molecule has 0 spiro atoms. The Hall–Kier alpha value is -7.95. The number of hydrogen-bond acceptors (Lipinski definition) is 3. The van der Waals surface area contributed by atoms with Crippen molar-refractivity contribution in [2.75, 3.05) is 0 Å². The molecule has 0 radical (unpaired) electrons. The van der Waals surface area contributed by atoms with E-state index in [9.17, 15) is 0 Å². The minimum Gasteiger partial charge on any atom is -0.309 e. The third-order valence-electron chi connectivity index (χ3n) is 12.3. The first-order valence-corrected chi connectivity index (χ1v) is 20.4. The molecule has 0 aliphatic heterocycles. The van der Waals surface area contributed by atoms with Gasteiger partial charge in [0.15, 0.2) is 17.5 Å². The van der Waals surface area contributed by atoms with Crippen LogP contribution in [-0.2, 0) is 5.41 Å². The maximum Gasteiger partial charge on any atom is 0.164 e. The Balaban J connectivity index is 1.19. The van der Waals surface area contributed by atoms with Crippen LogP contribution >= 0.6 is 0 Å². The lowest BCUT2D eigenvalue weighted by molar-refractivity contribution is 0.769. The van der Waals surface area contributed by atoms with Crippen LogP contribution in [0.5, 0.6) is 0 Å². The molecule has 0 unspecified atom stereocenters. The lowest BCUT2D eigenvalue weighted by Crippen LogP contribution is -2.28. The summed E-state index contributed by atoms with van der Waals surface area (Å²) in [6, 6.07) is 78.3. The highest BCUT2D eigenvalue weighted by Gasteiger charge is 2.46. The van der Waals surface area contributed by atoms with E-state index < -0.39 is 5.41 Å². The van der Waals surface area contributed by atoms with Gasteiger partial charge >= 0.3 is 0 Å². The quantitative estimate of drug-likeness (QED) is 0.169. The van der Waals surface area contributed by atoms with Crippen molar-refractivity contribution in [3.63, 3.8) is 0 Å². The van der Waals surface area contributed by atoms with E-state index in [0.29, 0.717) is 17.5 Å². The number of rotatable bonds is 6. The second-order valence-electron chi connectivity index (χ2n) is 15.5. The fraction of sp³-hybridized carbons (Fsp3) is 0.0179. The zero-order valence-corrected chi connectivity index (χ0v) is 32.6. The highest BCUT2D eigenvalue weighted by Crippen LogP contribution is 2.56. The van der Waals surface area contributed by atoms with Crippen molar-refractivity contribution < 1.29 is 0 Å². The van der Waals surface area contributed by atoms with Crippen LogP contribution < -0.4 is 0 Å². The van der Waals surface area contributed by atoms with Gasteiger partial charge in [0.1, 0.15) is 0 Å². The number of nitrogens with zero attached hydrogens (tertiary/aromatic N) is 4. The average molecular weight is 765 g/mol. The Morgan fingerprint density at radius 1 is 0.350 bits per heavy atom. The Morgan fingerprint density at radius 2 is 0.900 bits per heavy atom. The van der Waals surface area contributed by atoms with Gasteiger partial charge in [-0.2, -0.15) is 0 Å². The standard InChI is InChI=1S/C56H36N4/c1-4-18-38(19-5-1)53-57-54(39-20-6-2-7-21-39)59-55(58-53)47-27-16-30-50-52(47)46-34-32-42(36-51(46)60(50)43-33-31-37-17-10-11-22-40(37)35-43)56(41-23-8-3-9-24-41)48-28-14-12-25-44(48)45-26-13-15-29-49(45)56/h1-36H. The van der Waals surface area contributed by atoms with Gasteiger partial charge in [0.2, 0.25) is 0 Å². The van der Waals surface area contributed by atoms with Crippen molar-refractivity contribution in [3.05, 3.63) is 241 Å². The smallest absolute Gasteiger partial charge is 0.164 e. The molecule has 12 rings (SSSR count). The largest absolute Gasteiger partial charge is 0.309 e. The van der Waals surface area contributed by atoms with Crippen molar-refractivity contribution >= 4 is 32.6 Å². The van der Waals surface area contributed by atoms with Crippen molar-refractivity contribution in [3.8, 4) is 51.0 Å². The Kier molecular flexibility index (Phi) is 7.72. The summed E-state index contributed by atoms with van der Waals surface area (Å²) in [5.41, 5.74) is 13.2. The van der Waals surface area contributed by atoms with E-state index in [0.717, 1.165) is 44.2 Å². The molecule has 60 heavy (non-hydrogen) atoms. The molecule has 4 nitrogen and oxygen atoms in total. The number of aromatic nitrogens is 4. The maximum absolute atomic E-state index is 5.23. The van der Waals surface area contributed by atoms with Crippen LogP contribution in [0.2, 0.25) is 0 Å². The van der Waals surface area contributed by atoms with Gasteiger partial charge in [0.05, 0.1) is 16.4 Å². The summed E-state index contributed by atoms with van der Waals surface area (Å²) in [5.74, 6) is 1.91. The number of fused-ring (bicyclic) bond motifs is 7. The summed E-state index contributed by atoms with van der Waals surface area (Å²) in [5, 5.41) is 4.62. The number of hydrogen-bond donors (Lipinski definition) is 0. The zero-order chi connectivity index (χ0) is 39.6. The SMILES string of the molecule is c1ccc(-c2nc(-c3ccccc3)nc(-c3cccc4c3c3ccc(C5(c6ccccc6)c6ccccc6-c6ccccc65)cc3n4-c3ccc4ccccc4c3)n2)cc1. The van der Waals surface area contributed by atoms with Gasteiger partial charge in [0, 0.05) is 33.2 Å². The average Bonchev–Trinajstić information content (AvgIpc) is 3.83. The topological polar surface area (TPSA) is 43.6 Å². The fourth-order valence-electron chi connectivity index (χ4n) is 9.72. The van der Waals surface area contributed by atoms with Gasteiger partial charge in [-0.25, -0.2) is 15.0 Å². The normalized spacial score (nSPS) is 12.8. The summed E-state index contributed by atoms with van der Waals surface area (Å²) >= 11 is 0. The molecule has 4 heteroatoms. The van der Waals surface area contributed by atoms with Crippen LogP contribution in [0.1, 0.15) is 22.3 Å². The second kappa shape index (κ2) is 13.6. The molecule has 11 aromatic rings. The summed E-state index contributed by atoms with van der Waals surface area (Å²) in [6.07, 6.45) is 0. The van der Waals surface area contributed by atoms with Crippen molar-refractivity contribution in [1.29, 1.82) is 0 Å². The van der Waals surface area contributed by atoms with Crippen molar-refractivity contribution in [2.24, 2.45) is 0 Å². The molecule has 0 saturated heterocycles. The summed E-state index contributed by atoms with van der Waals surface area (Å²) in [7, 11) is 0. The van der Waals surface area contributed by atoms with Gasteiger partial charge in [-0.15, -0.1) is 0 Å². The lowest BCUT2D eigenvalue weighted by Gasteiger charge is -2.34. The summed E-state index contributed by atoms with van der Waals surface area (Å²) in [6.45, 7) is 0. The van der Waals surface area contributed by atoms with Gasteiger partial charge in [0.25, 0.3) is 0 Å². The molecule has 0 saturated carbocycles. The number of benzene rings is 9. The molecule has 1 aliphatic rings. The van der Waals surface area contributed by atoms with E-state index in [-0.39, 0.29) is 0 Å². The molecule has 0 amide bonds. The molecular weight excluding hydrogens is 729 g/mol. The molecule has 9 aromatic carbocycles. The Labute approximate surface area is 347 Å². The van der Waals surface area contributed by atoms with Crippen LogP contribution in [0.15, 0.2) is 218 Å². The molecule has 0 atom stereocenters. The predicted molar refractivity (Wildman–Crippen MR) is 245 cm³/mol. The van der Waals surface area contributed by atoms with Crippen LogP contribution in [0.25, 0.3) is 83.6 Å². The zero-order valence-electron chi connectivity index (χ0n) is 32.6. The van der Waals surface area contributed by atoms with Crippen LogP contribution in [0.4, 0.5) is 0 Å². The van der Waals surface area contributed by atoms with Gasteiger partial charge in [-0.3, -0.25) is 0 Å². The molecule has 2 heterocycles. The fourth-order valence-corrected chi connectivity index (χ4v) is 9.72. The molecule has 1 aliphatic carbocycles. The molecule has 2 aromatic heterocycles. The van der Waals surface area contributed by atoms with Crippen molar-refractivity contribution in [1.82, 2.24) is 19.5 Å². The van der Waals surface area contributed by atoms with Crippen LogP contribution in [0.3, 0.4) is 0 Å². The molecule has 0 N–H and O–H groups in total. The van der Waals surface area contributed by atoms with Gasteiger partial charge in [-0.1, -0.05) is 194 Å². The van der Waals surface area contributed by atoms with Gasteiger partial charge < -0.3 is 4.57 Å². The maximum atomic E-state index is 5.23. The van der Waals surface area contributed by atoms with E-state index in [1.807, 2.05) is 36.4 Å². The minimum atomic E-state index is -0.542. The summed E-state index contributed by atoms with van der Waals surface area (Å²) in [4.78, 5) is 15.5. The monoisotopic (exact) mass is 764 g/mol. The minimum absolute atomic E-state index is 0.542. The van der Waals surface area contributed by atoms with Crippen LogP contribution in [-0.4, -0.2) is 19.5 Å². The van der Waals surface area contributed by atoms with E-state index in [1.165, 1.54) is 44.2 Å². The van der Waals surface area contributed by atoms with Crippen molar-refractivity contribution in [2.45, 2.75) is 5.41 Å². The third kappa shape index (κ3) is 5.14. The van der Waals surface area contributed by atoms with E-state index >= 15 is 0 Å². The predicted octanol–water partition coefficient (Wildman–Crippen LogP) is 13.5. The van der Waals surface area contributed by atoms with Gasteiger partial charge in [-0.05, 0) is 68.4 Å². The molecular formula is C56H36N4. The highest BCUT2D eigenvalue weighted by atomic mass is 15.0. The van der Waals surface area contributed by atoms with E-state index in [2.05, 4.69) is 187 Å². The first-order valence-electron chi connectivity index (χ1n) is 20.4. The molecule has 0 fully saturated rings. The highest BCUT2D eigenvalue weighted by molar-refractivity contribution is 6.15. The third-order valence-corrected chi connectivity index (χ3v) is 12.3. The van der Waals surface area contributed by atoms with Crippen LogP contribution in [0, 0.1) is 0 Å². The van der Waals surface area contributed by atoms with E-state index in [1.54, 1.807) is 0 Å². The second-order valence-corrected chi connectivity index (χ2v) is 15.5. The first-order chi connectivity index (χ1) is 29.8. The Bertz CT molecular complexity index is 3320. The van der Waals surface area contributed by atoms with E-state index in [4.69, 9.17) is 15.0 Å². The lowest BCUT2D eigenvalue weighted by atomic mass is 9.67. The summed E-state index contributed by atoms with van der Waals surface area (Å²) < 4.78 is 2.44. The Morgan fingerprint density at radius 3 is 1.57 bits per heavy atom. The molecule has 280 valence electrons.